The topological polar surface area (TPSA) is 64.4 Å². The van der Waals surface area contributed by atoms with Gasteiger partial charge < -0.3 is 15.0 Å². The molecular formula is C18H24F3N5O. The van der Waals surface area contributed by atoms with Crippen molar-refractivity contribution in [2.75, 3.05) is 57.8 Å². The van der Waals surface area contributed by atoms with Crippen molar-refractivity contribution in [2.24, 2.45) is 0 Å². The van der Waals surface area contributed by atoms with Gasteiger partial charge in [-0.1, -0.05) is 0 Å². The Morgan fingerprint density at radius 3 is 2.67 bits per heavy atom. The summed E-state index contributed by atoms with van der Waals surface area (Å²) in [5.41, 5.74) is -0.690. The molecule has 1 unspecified atom stereocenters. The van der Waals surface area contributed by atoms with E-state index in [9.17, 15) is 13.2 Å². The normalized spacial score (nSPS) is 22.4. The minimum atomic E-state index is -4.48. The minimum absolute atomic E-state index is 0.000762. The van der Waals surface area contributed by atoms with Gasteiger partial charge in [0.2, 0.25) is 0 Å². The van der Waals surface area contributed by atoms with Gasteiger partial charge in [0, 0.05) is 45.0 Å². The van der Waals surface area contributed by atoms with Gasteiger partial charge in [0.05, 0.1) is 24.5 Å². The van der Waals surface area contributed by atoms with Gasteiger partial charge in [0.1, 0.15) is 6.07 Å². The van der Waals surface area contributed by atoms with E-state index in [1.165, 1.54) is 0 Å². The van der Waals surface area contributed by atoms with Gasteiger partial charge in [-0.05, 0) is 25.5 Å². The molecule has 2 aliphatic heterocycles. The van der Waals surface area contributed by atoms with Crippen molar-refractivity contribution in [2.45, 2.75) is 25.1 Å². The van der Waals surface area contributed by atoms with E-state index in [-0.39, 0.29) is 17.4 Å². The molecule has 0 spiro atoms. The van der Waals surface area contributed by atoms with E-state index in [0.29, 0.717) is 6.20 Å². The molecule has 27 heavy (non-hydrogen) atoms. The summed E-state index contributed by atoms with van der Waals surface area (Å²) in [5, 5.41) is 12.3. The van der Waals surface area contributed by atoms with Crippen molar-refractivity contribution in [3.8, 4) is 6.07 Å². The lowest BCUT2D eigenvalue weighted by atomic mass is 10.0. The number of alkyl halides is 3. The molecule has 0 aromatic carbocycles. The molecule has 2 aliphatic rings. The predicted octanol–water partition coefficient (Wildman–Crippen LogP) is 2.18. The Labute approximate surface area is 156 Å². The zero-order chi connectivity index (χ0) is 19.3. The number of rotatable bonds is 5. The maximum absolute atomic E-state index is 12.9. The standard InChI is InChI=1S/C18H24F3N5O/c19-18(20,21)14-10-16(17(11-22)23-12-14)24-15-2-1-3-26(13-15)5-4-25-6-8-27-9-7-25/h10,12,15,24H,1-9,13H2. The Kier molecular flexibility index (Phi) is 6.52. The van der Waals surface area contributed by atoms with Gasteiger partial charge in [-0.2, -0.15) is 18.4 Å². The zero-order valence-corrected chi connectivity index (χ0v) is 15.1. The van der Waals surface area contributed by atoms with Crippen LogP contribution in [0, 0.1) is 11.3 Å². The lowest BCUT2D eigenvalue weighted by molar-refractivity contribution is -0.137. The molecule has 3 rings (SSSR count). The Morgan fingerprint density at radius 1 is 1.22 bits per heavy atom. The number of nitrogens with zero attached hydrogens (tertiary/aromatic N) is 4. The molecule has 1 atom stereocenters. The number of likely N-dealkylation sites (tertiary alicyclic amines) is 1. The number of hydrogen-bond acceptors (Lipinski definition) is 6. The summed E-state index contributed by atoms with van der Waals surface area (Å²) in [5.74, 6) is 0. The largest absolute Gasteiger partial charge is 0.417 e. The maximum atomic E-state index is 12.9. The molecule has 3 heterocycles. The number of ether oxygens (including phenoxy) is 1. The monoisotopic (exact) mass is 383 g/mol. The first-order chi connectivity index (χ1) is 13.0. The second-order valence-electron chi connectivity index (χ2n) is 6.97. The Bertz CT molecular complexity index is 670. The van der Waals surface area contributed by atoms with Crippen molar-refractivity contribution in [3.63, 3.8) is 0 Å². The molecule has 0 saturated carbocycles. The number of anilines is 1. The quantitative estimate of drug-likeness (QED) is 0.841. The van der Waals surface area contributed by atoms with Crippen molar-refractivity contribution < 1.29 is 17.9 Å². The van der Waals surface area contributed by atoms with Gasteiger partial charge in [-0.15, -0.1) is 0 Å². The summed E-state index contributed by atoms with van der Waals surface area (Å²) in [7, 11) is 0. The summed E-state index contributed by atoms with van der Waals surface area (Å²) in [4.78, 5) is 8.36. The predicted molar refractivity (Wildman–Crippen MR) is 94.3 cm³/mol. The fourth-order valence-corrected chi connectivity index (χ4v) is 3.52. The van der Waals surface area contributed by atoms with Crippen molar-refractivity contribution >= 4 is 5.69 Å². The minimum Gasteiger partial charge on any atom is -0.379 e. The summed E-state index contributed by atoms with van der Waals surface area (Å²) < 4.78 is 44.2. The van der Waals surface area contributed by atoms with Crippen LogP contribution in [0.3, 0.4) is 0 Å². The molecule has 1 aromatic heterocycles. The number of piperidine rings is 1. The SMILES string of the molecule is N#Cc1ncc(C(F)(F)F)cc1NC1CCCN(CCN2CCOCC2)C1. The highest BCUT2D eigenvalue weighted by Crippen LogP contribution is 2.31. The third-order valence-electron chi connectivity index (χ3n) is 5.02. The summed E-state index contributed by atoms with van der Waals surface area (Å²) >= 11 is 0. The third-order valence-corrected chi connectivity index (χ3v) is 5.02. The number of nitrogens with one attached hydrogen (secondary N) is 1. The van der Waals surface area contributed by atoms with Crippen LogP contribution in [0.5, 0.6) is 0 Å². The van der Waals surface area contributed by atoms with Crippen LogP contribution in [0.1, 0.15) is 24.1 Å². The van der Waals surface area contributed by atoms with Crippen molar-refractivity contribution in [1.82, 2.24) is 14.8 Å². The first kappa shape index (κ1) is 19.9. The Balaban J connectivity index is 1.59. The van der Waals surface area contributed by atoms with Crippen LogP contribution in [-0.4, -0.2) is 73.3 Å². The van der Waals surface area contributed by atoms with E-state index in [2.05, 4.69) is 20.1 Å². The van der Waals surface area contributed by atoms with Gasteiger partial charge in [0.25, 0.3) is 0 Å². The van der Waals surface area contributed by atoms with Gasteiger partial charge >= 0.3 is 6.18 Å². The summed E-state index contributed by atoms with van der Waals surface area (Å²) in [6, 6.07) is 2.86. The van der Waals surface area contributed by atoms with Crippen LogP contribution in [-0.2, 0) is 10.9 Å². The van der Waals surface area contributed by atoms with E-state index < -0.39 is 11.7 Å². The second-order valence-corrected chi connectivity index (χ2v) is 6.97. The van der Waals surface area contributed by atoms with Crippen LogP contribution in [0.15, 0.2) is 12.3 Å². The maximum Gasteiger partial charge on any atom is 0.417 e. The van der Waals surface area contributed by atoms with Crippen LogP contribution < -0.4 is 5.32 Å². The fraction of sp³-hybridized carbons (Fsp3) is 0.667. The highest BCUT2D eigenvalue weighted by Gasteiger charge is 2.32. The molecule has 0 radical (unpaired) electrons. The Hall–Kier alpha value is -1.89. The first-order valence-corrected chi connectivity index (χ1v) is 9.22. The van der Waals surface area contributed by atoms with Crippen molar-refractivity contribution in [3.05, 3.63) is 23.5 Å². The smallest absolute Gasteiger partial charge is 0.379 e. The molecular weight excluding hydrogens is 359 g/mol. The summed E-state index contributed by atoms with van der Waals surface area (Å²) in [6.07, 6.45) is -1.95. The number of hydrogen-bond donors (Lipinski definition) is 1. The molecule has 148 valence electrons. The molecule has 0 aliphatic carbocycles. The number of pyridine rings is 1. The number of nitriles is 1. The molecule has 9 heteroatoms. The fourth-order valence-electron chi connectivity index (χ4n) is 3.52. The van der Waals surface area contributed by atoms with Gasteiger partial charge in [0.15, 0.2) is 5.69 Å². The molecule has 2 saturated heterocycles. The summed E-state index contributed by atoms with van der Waals surface area (Å²) in [6.45, 7) is 7.02. The zero-order valence-electron chi connectivity index (χ0n) is 15.1. The number of morpholine rings is 1. The lowest BCUT2D eigenvalue weighted by Crippen LogP contribution is -2.46. The third kappa shape index (κ3) is 5.54. The molecule has 1 aromatic rings. The van der Waals surface area contributed by atoms with Crippen molar-refractivity contribution in [1.29, 1.82) is 5.26 Å². The average molecular weight is 383 g/mol. The van der Waals surface area contributed by atoms with Crippen LogP contribution in [0.4, 0.5) is 18.9 Å². The Morgan fingerprint density at radius 2 is 1.96 bits per heavy atom. The lowest BCUT2D eigenvalue weighted by Gasteiger charge is -2.35. The number of aromatic nitrogens is 1. The second kappa shape index (κ2) is 8.87. The highest BCUT2D eigenvalue weighted by atomic mass is 19.4. The molecule has 0 bridgehead atoms. The van der Waals surface area contributed by atoms with Gasteiger partial charge in [-0.3, -0.25) is 4.90 Å². The van der Waals surface area contributed by atoms with Crippen LogP contribution in [0.2, 0.25) is 0 Å². The van der Waals surface area contributed by atoms with E-state index in [0.717, 1.165) is 71.4 Å². The highest BCUT2D eigenvalue weighted by molar-refractivity contribution is 5.56. The van der Waals surface area contributed by atoms with E-state index >= 15 is 0 Å². The van der Waals surface area contributed by atoms with Crippen LogP contribution >= 0.6 is 0 Å². The average Bonchev–Trinajstić information content (AvgIpc) is 2.67. The van der Waals surface area contributed by atoms with E-state index in [4.69, 9.17) is 10.00 Å². The molecule has 0 amide bonds. The molecule has 1 N–H and O–H groups in total. The molecule has 2 fully saturated rings. The van der Waals surface area contributed by atoms with E-state index in [1.807, 2.05) is 6.07 Å². The van der Waals surface area contributed by atoms with E-state index in [1.54, 1.807) is 0 Å². The number of halogens is 3. The molecule has 6 nitrogen and oxygen atoms in total. The van der Waals surface area contributed by atoms with Crippen LogP contribution in [0.25, 0.3) is 0 Å². The first-order valence-electron chi connectivity index (χ1n) is 9.22. The van der Waals surface area contributed by atoms with Gasteiger partial charge in [-0.25, -0.2) is 4.98 Å².